The van der Waals surface area contributed by atoms with Gasteiger partial charge in [0.2, 0.25) is 5.79 Å². The Balaban J connectivity index is 1.73. The monoisotopic (exact) mass is 777 g/mol. The molecule has 3 aliphatic heterocycles. The molecule has 2 saturated heterocycles. The van der Waals surface area contributed by atoms with Gasteiger partial charge < -0.3 is 44.5 Å². The molecule has 0 aromatic heterocycles. The predicted molar refractivity (Wildman–Crippen MR) is 210 cm³/mol. The average molecular weight is 777 g/mol. The molecule has 0 unspecified atom stereocenters. The van der Waals surface area contributed by atoms with E-state index in [2.05, 4.69) is 32.9 Å². The van der Waals surface area contributed by atoms with Gasteiger partial charge in [-0.2, -0.15) is 0 Å². The van der Waals surface area contributed by atoms with E-state index in [1.165, 1.54) is 4.90 Å². The molecule has 0 aromatic carbocycles. The molecule has 55 heavy (non-hydrogen) atoms. The standard InChI is InChI=1S/C43H72N2O10/c1-10-31-20-25(2)19-26(3)21-36(52-8)39-37(53-9)23-29(6)43(50,55-39)40(47)41(48)45-18-12-11-13-33(45)42(49)54-38(27(4)14-17-34(31)46)28(5)22-30-15-16-32(44)35(24-30)51-7/h20,22,26-27,29-39,46,50H,10-19,21,23-24,44H2,1-9H3/b25-20+,28-22+/t26-,27+,29+,30-,31+,32-,33-,34+,35+,36-,37-,38-,39+,43+/m0/s1. The molecule has 4 N–H and O–H groups in total. The smallest absolute Gasteiger partial charge is 0.329 e. The maximum atomic E-state index is 14.3. The first-order valence-corrected chi connectivity index (χ1v) is 20.9. The molecule has 1 saturated carbocycles. The second kappa shape index (κ2) is 20.5. The first-order chi connectivity index (χ1) is 26.1. The van der Waals surface area contributed by atoms with Gasteiger partial charge in [0.05, 0.1) is 24.4 Å². The highest BCUT2D eigenvalue weighted by Gasteiger charge is 2.56. The molecule has 3 heterocycles. The maximum absolute atomic E-state index is 14.3. The summed E-state index contributed by atoms with van der Waals surface area (Å²) >= 11 is 0. The van der Waals surface area contributed by atoms with Crippen LogP contribution in [0.3, 0.4) is 0 Å². The summed E-state index contributed by atoms with van der Waals surface area (Å²) in [6.07, 6.45) is 8.72. The van der Waals surface area contributed by atoms with E-state index >= 15 is 0 Å². The van der Waals surface area contributed by atoms with Crippen molar-refractivity contribution in [3.05, 3.63) is 23.3 Å². The lowest BCUT2D eigenvalue weighted by Gasteiger charge is -2.47. The van der Waals surface area contributed by atoms with Crippen molar-refractivity contribution < 1.29 is 48.3 Å². The number of allylic oxidation sites excluding steroid dienone is 2. The van der Waals surface area contributed by atoms with Gasteiger partial charge in [-0.1, -0.05) is 45.4 Å². The van der Waals surface area contributed by atoms with Gasteiger partial charge >= 0.3 is 5.97 Å². The Morgan fingerprint density at radius 1 is 0.964 bits per heavy atom. The largest absolute Gasteiger partial charge is 0.456 e. The predicted octanol–water partition coefficient (Wildman–Crippen LogP) is 5.26. The van der Waals surface area contributed by atoms with Gasteiger partial charge in [-0.25, -0.2) is 4.79 Å². The van der Waals surface area contributed by atoms with Crippen molar-refractivity contribution in [1.29, 1.82) is 0 Å². The second-order valence-electron chi connectivity index (χ2n) is 17.3. The fourth-order valence-corrected chi connectivity index (χ4v) is 9.63. The zero-order chi connectivity index (χ0) is 40.6. The van der Waals surface area contributed by atoms with Crippen molar-refractivity contribution in [2.45, 2.75) is 173 Å². The number of esters is 1. The molecule has 14 atom stereocenters. The number of carbonyl (C=O) groups excluding carboxylic acids is 3. The average Bonchev–Trinajstić information content (AvgIpc) is 3.17. The van der Waals surface area contributed by atoms with E-state index in [1.54, 1.807) is 28.3 Å². The number of nitrogens with zero attached hydrogens (tertiary/aromatic N) is 1. The SMILES string of the molecule is CC[C@@H]1/C=C(\C)C[C@H](C)C[C@H](OC)[C@H]2O[C@@](O)(C(=O)C(=O)N3CCCC[C@H]3C(=O)O[C@H](/C(C)=C/[C@@H]3CC[C@H](N)[C@H](OC)C3)[C@H](C)CC[C@H]1O)[C@H](C)C[C@@H]2OC. The van der Waals surface area contributed by atoms with Gasteiger partial charge in [-0.3, -0.25) is 9.59 Å². The molecule has 1 amide bonds. The van der Waals surface area contributed by atoms with Gasteiger partial charge in [-0.15, -0.1) is 0 Å². The zero-order valence-corrected chi connectivity index (χ0v) is 35.0. The summed E-state index contributed by atoms with van der Waals surface area (Å²) in [4.78, 5) is 44.0. The summed E-state index contributed by atoms with van der Waals surface area (Å²) in [6.45, 7) is 12.1. The van der Waals surface area contributed by atoms with Crippen LogP contribution in [0.1, 0.15) is 119 Å². The number of aliphatic hydroxyl groups excluding tert-OH is 1. The van der Waals surface area contributed by atoms with Crippen LogP contribution >= 0.6 is 0 Å². The summed E-state index contributed by atoms with van der Waals surface area (Å²) in [5.41, 5.74) is 8.37. The van der Waals surface area contributed by atoms with Crippen molar-refractivity contribution in [1.82, 2.24) is 4.90 Å². The molecule has 0 spiro atoms. The van der Waals surface area contributed by atoms with Crippen LogP contribution in [0.25, 0.3) is 0 Å². The minimum absolute atomic E-state index is 0.0268. The van der Waals surface area contributed by atoms with Crippen LogP contribution in [-0.4, -0.2) is 115 Å². The van der Waals surface area contributed by atoms with Crippen LogP contribution in [0.4, 0.5) is 0 Å². The zero-order valence-electron chi connectivity index (χ0n) is 35.0. The molecule has 0 aromatic rings. The van der Waals surface area contributed by atoms with Gasteiger partial charge in [0.1, 0.15) is 18.2 Å². The van der Waals surface area contributed by atoms with Crippen molar-refractivity contribution in [2.24, 2.45) is 35.3 Å². The Labute approximate surface area is 329 Å². The summed E-state index contributed by atoms with van der Waals surface area (Å²) in [5.74, 6) is -5.76. The van der Waals surface area contributed by atoms with Crippen molar-refractivity contribution in [3.63, 3.8) is 0 Å². The second-order valence-corrected chi connectivity index (χ2v) is 17.3. The van der Waals surface area contributed by atoms with Crippen LogP contribution in [0.15, 0.2) is 23.3 Å². The first-order valence-electron chi connectivity index (χ1n) is 20.9. The Hall–Kier alpha value is -2.19. The molecule has 4 aliphatic rings. The van der Waals surface area contributed by atoms with Crippen molar-refractivity contribution >= 4 is 17.7 Å². The number of carbonyl (C=O) groups is 3. The van der Waals surface area contributed by atoms with E-state index in [0.29, 0.717) is 38.5 Å². The van der Waals surface area contributed by atoms with Crippen LogP contribution in [0.5, 0.6) is 0 Å². The number of hydrogen-bond acceptors (Lipinski definition) is 11. The van der Waals surface area contributed by atoms with Crippen molar-refractivity contribution in [3.8, 4) is 0 Å². The number of hydrogen-bond donors (Lipinski definition) is 3. The highest BCUT2D eigenvalue weighted by Crippen LogP contribution is 2.39. The minimum atomic E-state index is -2.44. The van der Waals surface area contributed by atoms with E-state index in [4.69, 9.17) is 29.4 Å². The highest BCUT2D eigenvalue weighted by atomic mass is 16.7. The maximum Gasteiger partial charge on any atom is 0.329 e. The number of methoxy groups -OCH3 is 3. The summed E-state index contributed by atoms with van der Waals surface area (Å²) in [7, 11) is 4.82. The number of nitrogens with two attached hydrogens (primary N) is 1. The molecular formula is C43H72N2O10. The Morgan fingerprint density at radius 2 is 1.64 bits per heavy atom. The highest BCUT2D eigenvalue weighted by molar-refractivity contribution is 6.39. The van der Waals surface area contributed by atoms with Gasteiger partial charge in [0.15, 0.2) is 0 Å². The van der Waals surface area contributed by atoms with Crippen LogP contribution in [-0.2, 0) is 38.1 Å². The lowest BCUT2D eigenvalue weighted by molar-refractivity contribution is -0.302. The number of fused-ring (bicyclic) bond motifs is 3. The van der Waals surface area contributed by atoms with Crippen LogP contribution in [0.2, 0.25) is 0 Å². The fraction of sp³-hybridized carbons (Fsp3) is 0.837. The molecule has 3 fully saturated rings. The van der Waals surface area contributed by atoms with Gasteiger partial charge in [0.25, 0.3) is 11.7 Å². The molecule has 0 radical (unpaired) electrons. The third-order valence-corrected chi connectivity index (χ3v) is 13.0. The number of ketones is 1. The molecular weight excluding hydrogens is 704 g/mol. The Bertz CT molecular complexity index is 1350. The van der Waals surface area contributed by atoms with E-state index in [9.17, 15) is 24.6 Å². The number of amides is 1. The Morgan fingerprint density at radius 3 is 2.29 bits per heavy atom. The molecule has 4 rings (SSSR count). The number of rotatable bonds is 6. The number of aliphatic hydroxyl groups is 2. The number of ether oxygens (including phenoxy) is 5. The van der Waals surface area contributed by atoms with E-state index in [1.807, 2.05) is 13.8 Å². The van der Waals surface area contributed by atoms with Crippen molar-refractivity contribution in [2.75, 3.05) is 27.9 Å². The van der Waals surface area contributed by atoms with E-state index < -0.39 is 65.9 Å². The lowest BCUT2D eigenvalue weighted by atomic mass is 9.81. The fourth-order valence-electron chi connectivity index (χ4n) is 9.63. The topological polar surface area (TPSA) is 167 Å². The molecule has 2 bridgehead atoms. The minimum Gasteiger partial charge on any atom is -0.456 e. The van der Waals surface area contributed by atoms with E-state index in [-0.39, 0.29) is 48.8 Å². The molecule has 314 valence electrons. The number of cyclic esters (lactones) is 1. The first kappa shape index (κ1) is 45.5. The summed E-state index contributed by atoms with van der Waals surface area (Å²) in [6, 6.07) is -1.03. The van der Waals surface area contributed by atoms with Crippen LogP contribution in [0, 0.1) is 29.6 Å². The number of Topliss-reactive ketones (excluding diaryl/α,β-unsaturated/α-hetero) is 1. The van der Waals surface area contributed by atoms with Gasteiger partial charge in [0, 0.05) is 45.8 Å². The number of piperidine rings is 1. The summed E-state index contributed by atoms with van der Waals surface area (Å²) in [5, 5.41) is 23.6. The molecule has 12 heteroatoms. The molecule has 1 aliphatic carbocycles. The quantitative estimate of drug-likeness (QED) is 0.183. The van der Waals surface area contributed by atoms with E-state index in [0.717, 1.165) is 43.3 Å². The third kappa shape index (κ3) is 11.1. The third-order valence-electron chi connectivity index (χ3n) is 13.0. The summed E-state index contributed by atoms with van der Waals surface area (Å²) < 4.78 is 30.1. The Kier molecular flexibility index (Phi) is 16.9. The van der Waals surface area contributed by atoms with Crippen LogP contribution < -0.4 is 5.73 Å². The molecule has 12 nitrogen and oxygen atoms in total. The lowest BCUT2D eigenvalue weighted by Crippen LogP contribution is -2.64. The normalized spacial score (nSPS) is 42.1. The van der Waals surface area contributed by atoms with Gasteiger partial charge in [-0.05, 0) is 114 Å².